The second kappa shape index (κ2) is 9.59. The number of nitrogens with zero attached hydrogens (tertiary/aromatic N) is 1. The van der Waals surface area contributed by atoms with Crippen molar-refractivity contribution in [1.82, 2.24) is 4.31 Å². The lowest BCUT2D eigenvalue weighted by Gasteiger charge is -2.30. The molecule has 3 rings (SSSR count). The molecule has 0 atom stereocenters. The van der Waals surface area contributed by atoms with Gasteiger partial charge in [0.1, 0.15) is 0 Å². The molecular formula is C21H24ClN3O4S. The van der Waals surface area contributed by atoms with Gasteiger partial charge >= 0.3 is 0 Å². The van der Waals surface area contributed by atoms with Crippen LogP contribution in [0.3, 0.4) is 0 Å². The predicted octanol–water partition coefficient (Wildman–Crippen LogP) is 3.48. The number of nitrogens with one attached hydrogen (secondary N) is 2. The zero-order valence-corrected chi connectivity index (χ0v) is 18.2. The highest BCUT2D eigenvalue weighted by Gasteiger charge is 2.31. The summed E-state index contributed by atoms with van der Waals surface area (Å²) in [5.74, 6) is -0.735. The minimum atomic E-state index is -3.42. The summed E-state index contributed by atoms with van der Waals surface area (Å²) in [6.07, 6.45) is 0.892. The van der Waals surface area contributed by atoms with E-state index >= 15 is 0 Å². The second-order valence-electron chi connectivity index (χ2n) is 7.28. The Morgan fingerprint density at radius 3 is 2.33 bits per heavy atom. The van der Waals surface area contributed by atoms with Gasteiger partial charge in [-0.1, -0.05) is 41.9 Å². The number of sulfonamides is 1. The molecule has 2 aromatic carbocycles. The van der Waals surface area contributed by atoms with E-state index in [4.69, 9.17) is 11.6 Å². The van der Waals surface area contributed by atoms with Gasteiger partial charge in [-0.15, -0.1) is 0 Å². The number of anilines is 2. The third kappa shape index (κ3) is 5.81. The lowest BCUT2D eigenvalue weighted by atomic mass is 9.97. The van der Waals surface area contributed by atoms with Gasteiger partial charge in [0.05, 0.1) is 16.5 Å². The number of hydrogen-bond acceptors (Lipinski definition) is 4. The van der Waals surface area contributed by atoms with E-state index in [0.717, 1.165) is 5.56 Å². The summed E-state index contributed by atoms with van der Waals surface area (Å²) >= 11 is 6.20. The van der Waals surface area contributed by atoms with E-state index in [1.165, 1.54) is 11.2 Å². The van der Waals surface area contributed by atoms with Crippen LogP contribution in [0.4, 0.5) is 11.4 Å². The smallest absolute Gasteiger partial charge is 0.227 e. The Bertz CT molecular complexity index is 1020. The Balaban J connectivity index is 1.56. The molecule has 1 aliphatic heterocycles. The van der Waals surface area contributed by atoms with Crippen LogP contribution < -0.4 is 10.6 Å². The largest absolute Gasteiger partial charge is 0.326 e. The Hall–Kier alpha value is -2.42. The van der Waals surface area contributed by atoms with Crippen LogP contribution in [0.5, 0.6) is 0 Å². The van der Waals surface area contributed by atoms with E-state index in [2.05, 4.69) is 10.6 Å². The molecule has 1 fully saturated rings. The third-order valence-corrected chi connectivity index (χ3v) is 7.12. The van der Waals surface area contributed by atoms with E-state index in [1.807, 2.05) is 18.2 Å². The topological polar surface area (TPSA) is 95.6 Å². The van der Waals surface area contributed by atoms with Crippen LogP contribution in [0.15, 0.2) is 48.5 Å². The molecular weight excluding hydrogens is 426 g/mol. The molecule has 1 aliphatic rings. The first-order valence-electron chi connectivity index (χ1n) is 9.64. The summed E-state index contributed by atoms with van der Waals surface area (Å²) in [6.45, 7) is 2.01. The van der Waals surface area contributed by atoms with Gasteiger partial charge in [-0.25, -0.2) is 12.7 Å². The zero-order chi connectivity index (χ0) is 21.7. The van der Waals surface area contributed by atoms with Crippen molar-refractivity contribution < 1.29 is 18.0 Å². The Morgan fingerprint density at radius 1 is 1.07 bits per heavy atom. The van der Waals surface area contributed by atoms with Gasteiger partial charge in [-0.2, -0.15) is 0 Å². The van der Waals surface area contributed by atoms with Crippen molar-refractivity contribution in [3.05, 3.63) is 59.1 Å². The highest BCUT2D eigenvalue weighted by atomic mass is 35.5. The molecule has 0 radical (unpaired) electrons. The number of halogens is 1. The number of amides is 2. The van der Waals surface area contributed by atoms with Gasteiger partial charge in [-0.3, -0.25) is 9.59 Å². The Kier molecular flexibility index (Phi) is 7.12. The Morgan fingerprint density at radius 2 is 1.73 bits per heavy atom. The normalized spacial score (nSPS) is 15.5. The van der Waals surface area contributed by atoms with Crippen LogP contribution in [0.25, 0.3) is 0 Å². The van der Waals surface area contributed by atoms with E-state index in [0.29, 0.717) is 42.3 Å². The highest BCUT2D eigenvalue weighted by molar-refractivity contribution is 7.88. The highest BCUT2D eigenvalue weighted by Crippen LogP contribution is 2.28. The molecule has 0 saturated carbocycles. The maximum absolute atomic E-state index is 12.7. The predicted molar refractivity (Wildman–Crippen MR) is 118 cm³/mol. The molecule has 0 bridgehead atoms. The fourth-order valence-corrected chi connectivity index (χ4v) is 5.20. The van der Waals surface area contributed by atoms with E-state index in [9.17, 15) is 18.0 Å². The number of hydrogen-bond donors (Lipinski definition) is 2. The van der Waals surface area contributed by atoms with E-state index in [-0.39, 0.29) is 23.5 Å². The molecule has 0 unspecified atom stereocenters. The number of piperidine rings is 1. The van der Waals surface area contributed by atoms with Crippen molar-refractivity contribution in [3.63, 3.8) is 0 Å². The average Bonchev–Trinajstić information content (AvgIpc) is 2.70. The summed E-state index contributed by atoms with van der Waals surface area (Å²) in [5, 5.41) is 5.75. The monoisotopic (exact) mass is 449 g/mol. The average molecular weight is 450 g/mol. The maximum Gasteiger partial charge on any atom is 0.227 e. The van der Waals surface area contributed by atoms with Gasteiger partial charge in [0.25, 0.3) is 0 Å². The fourth-order valence-electron chi connectivity index (χ4n) is 3.40. The van der Waals surface area contributed by atoms with Crippen LogP contribution in [0.1, 0.15) is 25.3 Å². The number of carbonyl (C=O) groups excluding carboxylic acids is 2. The van der Waals surface area contributed by atoms with Gasteiger partial charge in [-0.05, 0) is 36.6 Å². The molecule has 0 spiro atoms. The van der Waals surface area contributed by atoms with E-state index < -0.39 is 10.0 Å². The number of carbonyl (C=O) groups is 2. The fraction of sp³-hybridized carbons (Fsp3) is 0.333. The SMILES string of the molecule is CC(=O)Nc1ccc(NC(=O)C2CCN(S(=O)(=O)Cc3ccccc3)CC2)c(Cl)c1. The van der Waals surface area contributed by atoms with E-state index in [1.54, 1.807) is 30.3 Å². The van der Waals surface area contributed by atoms with Crippen LogP contribution in [0, 0.1) is 5.92 Å². The lowest BCUT2D eigenvalue weighted by molar-refractivity contribution is -0.121. The van der Waals surface area contributed by atoms with Gasteiger partial charge in [0.15, 0.2) is 0 Å². The van der Waals surface area contributed by atoms with Gasteiger partial charge < -0.3 is 10.6 Å². The number of rotatable bonds is 6. The molecule has 2 aromatic rings. The van der Waals surface area contributed by atoms with Crippen molar-refractivity contribution in [3.8, 4) is 0 Å². The van der Waals surface area contributed by atoms with Crippen molar-refractivity contribution in [1.29, 1.82) is 0 Å². The molecule has 2 N–H and O–H groups in total. The quantitative estimate of drug-likeness (QED) is 0.705. The summed E-state index contributed by atoms with van der Waals surface area (Å²) in [6, 6.07) is 13.9. The van der Waals surface area contributed by atoms with Crippen LogP contribution >= 0.6 is 11.6 Å². The van der Waals surface area contributed by atoms with Crippen molar-refractivity contribution in [2.45, 2.75) is 25.5 Å². The van der Waals surface area contributed by atoms with Crippen molar-refractivity contribution in [2.24, 2.45) is 5.92 Å². The van der Waals surface area contributed by atoms with Crippen molar-refractivity contribution in [2.75, 3.05) is 23.7 Å². The summed E-state index contributed by atoms with van der Waals surface area (Å²) in [7, 11) is -3.42. The molecule has 1 saturated heterocycles. The molecule has 0 aliphatic carbocycles. The summed E-state index contributed by atoms with van der Waals surface area (Å²) < 4.78 is 26.8. The van der Waals surface area contributed by atoms with Crippen LogP contribution in [-0.2, 0) is 25.4 Å². The standard InChI is InChI=1S/C21H24ClN3O4S/c1-15(26)23-18-7-8-20(19(22)13-18)24-21(27)17-9-11-25(12-10-17)30(28,29)14-16-5-3-2-4-6-16/h2-8,13,17H,9-12,14H2,1H3,(H,23,26)(H,24,27). The first kappa shape index (κ1) is 22.3. The first-order valence-corrected chi connectivity index (χ1v) is 11.6. The van der Waals surface area contributed by atoms with Gasteiger partial charge in [0.2, 0.25) is 21.8 Å². The van der Waals surface area contributed by atoms with Crippen LogP contribution in [-0.4, -0.2) is 37.6 Å². The molecule has 0 aromatic heterocycles. The minimum absolute atomic E-state index is 0.0407. The van der Waals surface area contributed by atoms with Gasteiger partial charge in [0, 0.05) is 31.6 Å². The molecule has 1 heterocycles. The van der Waals surface area contributed by atoms with Crippen LogP contribution in [0.2, 0.25) is 5.02 Å². The molecule has 7 nitrogen and oxygen atoms in total. The molecule has 160 valence electrons. The first-order chi connectivity index (χ1) is 14.2. The minimum Gasteiger partial charge on any atom is -0.326 e. The zero-order valence-electron chi connectivity index (χ0n) is 16.6. The maximum atomic E-state index is 12.7. The molecule has 9 heteroatoms. The summed E-state index contributed by atoms with van der Waals surface area (Å²) in [4.78, 5) is 23.7. The third-order valence-electron chi connectivity index (χ3n) is 4.96. The molecule has 30 heavy (non-hydrogen) atoms. The Labute approximate surface area is 181 Å². The summed E-state index contributed by atoms with van der Waals surface area (Å²) in [5.41, 5.74) is 1.74. The second-order valence-corrected chi connectivity index (χ2v) is 9.66. The van der Waals surface area contributed by atoms with Crippen molar-refractivity contribution >= 4 is 44.8 Å². The lowest BCUT2D eigenvalue weighted by Crippen LogP contribution is -2.41. The molecule has 2 amide bonds. The number of benzene rings is 2.